The average Bonchev–Trinajstić information content (AvgIpc) is 2.44. The van der Waals surface area contributed by atoms with Crippen LogP contribution in [0.2, 0.25) is 0 Å². The Kier molecular flexibility index (Phi) is 5.19. The predicted molar refractivity (Wildman–Crippen MR) is 71.5 cm³/mol. The lowest BCUT2D eigenvalue weighted by atomic mass is 9.88. The molecule has 1 amide bonds. The van der Waals surface area contributed by atoms with E-state index in [1.165, 1.54) is 0 Å². The molecule has 0 radical (unpaired) electrons. The first-order valence-electron chi connectivity index (χ1n) is 6.82. The molecule has 0 aromatic heterocycles. The van der Waals surface area contributed by atoms with Crippen molar-refractivity contribution in [3.63, 3.8) is 0 Å². The van der Waals surface area contributed by atoms with Gasteiger partial charge in [0.1, 0.15) is 12.8 Å². The molecule has 1 saturated carbocycles. The minimum atomic E-state index is -0.708. The van der Waals surface area contributed by atoms with Crippen LogP contribution in [0.1, 0.15) is 31.2 Å². The van der Waals surface area contributed by atoms with Crippen molar-refractivity contribution in [1.82, 2.24) is 5.32 Å². The summed E-state index contributed by atoms with van der Waals surface area (Å²) < 4.78 is 18.3. The molecule has 0 saturated heterocycles. The molecule has 1 aromatic rings. The number of alkyl halides is 1. The van der Waals surface area contributed by atoms with Crippen molar-refractivity contribution in [1.29, 1.82) is 0 Å². The van der Waals surface area contributed by atoms with Crippen molar-refractivity contribution in [3.05, 3.63) is 35.9 Å². The fourth-order valence-electron chi connectivity index (χ4n) is 2.41. The van der Waals surface area contributed by atoms with Gasteiger partial charge in [-0.15, -0.1) is 0 Å². The van der Waals surface area contributed by atoms with Gasteiger partial charge >= 0.3 is 6.09 Å². The fraction of sp³-hybridized carbons (Fsp3) is 0.533. The number of hydrogen-bond donors (Lipinski definition) is 1. The summed E-state index contributed by atoms with van der Waals surface area (Å²) in [4.78, 5) is 11.5. The molecule has 0 spiro atoms. The van der Waals surface area contributed by atoms with Gasteiger partial charge in [0, 0.05) is 6.54 Å². The second kappa shape index (κ2) is 7.12. The number of nitrogens with one attached hydrogen (secondary N) is 1. The molecular weight excluding hydrogens is 245 g/mol. The van der Waals surface area contributed by atoms with Gasteiger partial charge in [0.15, 0.2) is 0 Å². The van der Waals surface area contributed by atoms with E-state index in [2.05, 4.69) is 5.32 Å². The summed E-state index contributed by atoms with van der Waals surface area (Å²) in [6.45, 7) is 0.775. The van der Waals surface area contributed by atoms with Gasteiger partial charge in [-0.1, -0.05) is 36.8 Å². The molecule has 2 rings (SSSR count). The van der Waals surface area contributed by atoms with Crippen molar-refractivity contribution in [3.8, 4) is 0 Å². The lowest BCUT2D eigenvalue weighted by Crippen LogP contribution is -2.32. The van der Waals surface area contributed by atoms with E-state index in [4.69, 9.17) is 4.74 Å². The van der Waals surface area contributed by atoms with E-state index in [1.54, 1.807) is 0 Å². The highest BCUT2D eigenvalue weighted by molar-refractivity contribution is 5.67. The molecule has 1 fully saturated rings. The Morgan fingerprint density at radius 3 is 2.84 bits per heavy atom. The molecule has 19 heavy (non-hydrogen) atoms. The van der Waals surface area contributed by atoms with Crippen LogP contribution in [-0.2, 0) is 11.3 Å². The number of rotatable bonds is 4. The van der Waals surface area contributed by atoms with Crippen LogP contribution < -0.4 is 5.32 Å². The molecule has 2 unspecified atom stereocenters. The summed E-state index contributed by atoms with van der Waals surface area (Å²) in [5.74, 6) is 0.244. The van der Waals surface area contributed by atoms with Crippen molar-refractivity contribution < 1.29 is 13.9 Å². The van der Waals surface area contributed by atoms with Crippen molar-refractivity contribution in [2.24, 2.45) is 5.92 Å². The van der Waals surface area contributed by atoms with Crippen LogP contribution >= 0.6 is 0 Å². The van der Waals surface area contributed by atoms with Gasteiger partial charge in [0.2, 0.25) is 0 Å². The molecule has 1 aliphatic carbocycles. The molecule has 0 aliphatic heterocycles. The van der Waals surface area contributed by atoms with Crippen molar-refractivity contribution >= 4 is 6.09 Å². The Balaban J connectivity index is 1.64. The molecule has 1 N–H and O–H groups in total. The van der Waals surface area contributed by atoms with E-state index in [1.807, 2.05) is 30.3 Å². The highest BCUT2D eigenvalue weighted by Crippen LogP contribution is 2.25. The Labute approximate surface area is 113 Å². The highest BCUT2D eigenvalue weighted by atomic mass is 19.1. The third kappa shape index (κ3) is 4.89. The first kappa shape index (κ1) is 13.8. The number of carbonyl (C=O) groups is 1. The van der Waals surface area contributed by atoms with Gasteiger partial charge < -0.3 is 10.1 Å². The van der Waals surface area contributed by atoms with E-state index in [-0.39, 0.29) is 12.5 Å². The van der Waals surface area contributed by atoms with Crippen molar-refractivity contribution in [2.75, 3.05) is 6.54 Å². The van der Waals surface area contributed by atoms with E-state index in [0.717, 1.165) is 18.4 Å². The third-order valence-electron chi connectivity index (χ3n) is 3.47. The van der Waals surface area contributed by atoms with Crippen LogP contribution in [0.25, 0.3) is 0 Å². The summed E-state index contributed by atoms with van der Waals surface area (Å²) >= 11 is 0. The molecule has 2 atom stereocenters. The molecule has 4 heteroatoms. The number of alkyl carbamates (subject to hydrolysis) is 1. The van der Waals surface area contributed by atoms with Crippen LogP contribution in [0.4, 0.5) is 9.18 Å². The van der Waals surface area contributed by atoms with E-state index in [0.29, 0.717) is 19.4 Å². The maximum absolute atomic E-state index is 13.2. The van der Waals surface area contributed by atoms with E-state index in [9.17, 15) is 9.18 Å². The van der Waals surface area contributed by atoms with Gasteiger partial charge in [0.25, 0.3) is 0 Å². The van der Waals surface area contributed by atoms with E-state index < -0.39 is 12.3 Å². The lowest BCUT2D eigenvalue weighted by Gasteiger charge is -2.24. The number of amides is 1. The minimum Gasteiger partial charge on any atom is -0.445 e. The summed E-state index contributed by atoms with van der Waals surface area (Å²) in [5.41, 5.74) is 0.958. The normalized spacial score (nSPS) is 22.8. The van der Waals surface area contributed by atoms with Crippen LogP contribution in [0, 0.1) is 5.92 Å². The first-order chi connectivity index (χ1) is 9.24. The molecule has 3 nitrogen and oxygen atoms in total. The Bertz CT molecular complexity index is 396. The summed E-state index contributed by atoms with van der Waals surface area (Å²) in [6.07, 6.45) is 1.98. The molecule has 1 aliphatic rings. The third-order valence-corrected chi connectivity index (χ3v) is 3.47. The maximum Gasteiger partial charge on any atom is 0.407 e. The summed E-state index contributed by atoms with van der Waals surface area (Å²) in [6, 6.07) is 9.53. The van der Waals surface area contributed by atoms with Gasteiger partial charge in [-0.3, -0.25) is 0 Å². The number of carbonyl (C=O) groups excluding carboxylic acids is 1. The maximum atomic E-state index is 13.2. The molecule has 0 bridgehead atoms. The molecular formula is C15H20FNO2. The minimum absolute atomic E-state index is 0.244. The SMILES string of the molecule is O=C(NCC1CCCC(F)C1)OCc1ccccc1. The lowest BCUT2D eigenvalue weighted by molar-refractivity contribution is 0.133. The first-order valence-corrected chi connectivity index (χ1v) is 6.82. The van der Waals surface area contributed by atoms with E-state index >= 15 is 0 Å². The number of halogens is 1. The van der Waals surface area contributed by atoms with Crippen LogP contribution in [0.15, 0.2) is 30.3 Å². The zero-order chi connectivity index (χ0) is 13.5. The molecule has 0 heterocycles. The summed E-state index contributed by atoms with van der Waals surface area (Å²) in [5, 5.41) is 2.72. The van der Waals surface area contributed by atoms with Gasteiger partial charge in [-0.05, 0) is 30.7 Å². The van der Waals surface area contributed by atoms with Crippen LogP contribution in [0.5, 0.6) is 0 Å². The van der Waals surface area contributed by atoms with Crippen LogP contribution in [0.3, 0.4) is 0 Å². The second-order valence-electron chi connectivity index (χ2n) is 5.07. The standard InChI is InChI=1S/C15H20FNO2/c16-14-8-4-7-13(9-14)10-17-15(18)19-11-12-5-2-1-3-6-12/h1-3,5-6,13-14H,4,7-11H2,(H,17,18). The van der Waals surface area contributed by atoms with Gasteiger partial charge in [-0.2, -0.15) is 0 Å². The smallest absolute Gasteiger partial charge is 0.407 e. The highest BCUT2D eigenvalue weighted by Gasteiger charge is 2.21. The number of benzene rings is 1. The van der Waals surface area contributed by atoms with Gasteiger partial charge in [-0.25, -0.2) is 9.18 Å². The van der Waals surface area contributed by atoms with Crippen LogP contribution in [-0.4, -0.2) is 18.8 Å². The topological polar surface area (TPSA) is 38.3 Å². The zero-order valence-electron chi connectivity index (χ0n) is 11.0. The Hall–Kier alpha value is -1.58. The monoisotopic (exact) mass is 265 g/mol. The quantitative estimate of drug-likeness (QED) is 0.905. The number of hydrogen-bond acceptors (Lipinski definition) is 2. The Morgan fingerprint density at radius 1 is 1.32 bits per heavy atom. The fourth-order valence-corrected chi connectivity index (χ4v) is 2.41. The van der Waals surface area contributed by atoms with Gasteiger partial charge in [0.05, 0.1) is 0 Å². The zero-order valence-corrected chi connectivity index (χ0v) is 11.0. The summed E-state index contributed by atoms with van der Waals surface area (Å²) in [7, 11) is 0. The Morgan fingerprint density at radius 2 is 2.11 bits per heavy atom. The predicted octanol–water partition coefficient (Wildman–Crippen LogP) is 3.44. The molecule has 1 aromatic carbocycles. The van der Waals surface area contributed by atoms with Crippen molar-refractivity contribution in [2.45, 2.75) is 38.5 Å². The second-order valence-corrected chi connectivity index (χ2v) is 5.07. The largest absolute Gasteiger partial charge is 0.445 e. The number of ether oxygens (including phenoxy) is 1. The molecule has 104 valence electrons. The average molecular weight is 265 g/mol.